The van der Waals surface area contributed by atoms with Crippen LogP contribution in [-0.2, 0) is 0 Å². The molecule has 2 rings (SSSR count). The van der Waals surface area contributed by atoms with Crippen LogP contribution in [0.15, 0.2) is 0 Å². The molecule has 2 saturated carbocycles. The van der Waals surface area contributed by atoms with E-state index >= 15 is 0 Å². The molecule has 1 unspecified atom stereocenters. The smallest absolute Gasteiger partial charge is 0.0723 e. The maximum Gasteiger partial charge on any atom is 0.0723 e. The van der Waals surface area contributed by atoms with Gasteiger partial charge in [-0.2, -0.15) is 0 Å². The SMILES string of the molecule is NCC(O)C1(C2(CCO)CC2)CC1. The average molecular weight is 185 g/mol. The Labute approximate surface area is 78.9 Å². The van der Waals surface area contributed by atoms with E-state index in [0.717, 1.165) is 19.3 Å². The van der Waals surface area contributed by atoms with E-state index in [4.69, 9.17) is 10.8 Å². The first-order valence-electron chi connectivity index (χ1n) is 5.20. The van der Waals surface area contributed by atoms with Gasteiger partial charge in [0.1, 0.15) is 0 Å². The predicted molar refractivity (Wildman–Crippen MR) is 50.1 cm³/mol. The van der Waals surface area contributed by atoms with Gasteiger partial charge in [-0.3, -0.25) is 0 Å². The summed E-state index contributed by atoms with van der Waals surface area (Å²) in [6, 6.07) is 0. The molecule has 3 heteroatoms. The maximum absolute atomic E-state index is 9.84. The first-order chi connectivity index (χ1) is 6.21. The van der Waals surface area contributed by atoms with Gasteiger partial charge in [-0.1, -0.05) is 0 Å². The summed E-state index contributed by atoms with van der Waals surface area (Å²) in [6.07, 6.45) is 5.05. The third-order valence-electron chi connectivity index (χ3n) is 4.15. The second-order valence-corrected chi connectivity index (χ2v) is 4.66. The zero-order valence-electron chi connectivity index (χ0n) is 8.00. The fourth-order valence-electron chi connectivity index (χ4n) is 2.94. The van der Waals surface area contributed by atoms with Gasteiger partial charge in [0.2, 0.25) is 0 Å². The summed E-state index contributed by atoms with van der Waals surface area (Å²) < 4.78 is 0. The molecule has 3 nitrogen and oxygen atoms in total. The Morgan fingerprint density at radius 1 is 1.23 bits per heavy atom. The van der Waals surface area contributed by atoms with Crippen molar-refractivity contribution >= 4 is 0 Å². The quantitative estimate of drug-likeness (QED) is 0.575. The fraction of sp³-hybridized carbons (Fsp3) is 1.00. The molecule has 2 aliphatic carbocycles. The van der Waals surface area contributed by atoms with E-state index < -0.39 is 0 Å². The lowest BCUT2D eigenvalue weighted by atomic mass is 9.79. The van der Waals surface area contributed by atoms with Crippen LogP contribution in [0, 0.1) is 10.8 Å². The van der Waals surface area contributed by atoms with Crippen LogP contribution in [0.5, 0.6) is 0 Å². The highest BCUT2D eigenvalue weighted by Gasteiger charge is 2.67. The van der Waals surface area contributed by atoms with Crippen LogP contribution in [0.2, 0.25) is 0 Å². The van der Waals surface area contributed by atoms with Gasteiger partial charge >= 0.3 is 0 Å². The molecule has 76 valence electrons. The summed E-state index contributed by atoms with van der Waals surface area (Å²) >= 11 is 0. The summed E-state index contributed by atoms with van der Waals surface area (Å²) in [7, 11) is 0. The largest absolute Gasteiger partial charge is 0.396 e. The van der Waals surface area contributed by atoms with Crippen molar-refractivity contribution in [2.45, 2.75) is 38.2 Å². The second-order valence-electron chi connectivity index (χ2n) is 4.66. The van der Waals surface area contributed by atoms with Gasteiger partial charge in [-0.25, -0.2) is 0 Å². The minimum Gasteiger partial charge on any atom is -0.396 e. The molecule has 1 atom stereocenters. The summed E-state index contributed by atoms with van der Waals surface area (Å²) in [5.41, 5.74) is 5.84. The first-order valence-corrected chi connectivity index (χ1v) is 5.20. The molecule has 0 aromatic carbocycles. The minimum absolute atomic E-state index is 0.0878. The minimum atomic E-state index is -0.346. The lowest BCUT2D eigenvalue weighted by Crippen LogP contribution is -2.37. The molecular formula is C10H19NO2. The van der Waals surface area contributed by atoms with Crippen molar-refractivity contribution < 1.29 is 10.2 Å². The molecule has 4 N–H and O–H groups in total. The van der Waals surface area contributed by atoms with Crippen molar-refractivity contribution in [3.05, 3.63) is 0 Å². The Morgan fingerprint density at radius 3 is 2.15 bits per heavy atom. The van der Waals surface area contributed by atoms with Crippen LogP contribution in [0.1, 0.15) is 32.1 Å². The van der Waals surface area contributed by atoms with Gasteiger partial charge in [0.15, 0.2) is 0 Å². The average Bonchev–Trinajstić information content (AvgIpc) is 2.96. The Kier molecular flexibility index (Phi) is 2.13. The van der Waals surface area contributed by atoms with E-state index in [1.165, 1.54) is 12.8 Å². The Hall–Kier alpha value is -0.120. The van der Waals surface area contributed by atoms with Gasteiger partial charge in [0, 0.05) is 18.6 Å². The Bertz CT molecular complexity index is 197. The van der Waals surface area contributed by atoms with Crippen molar-refractivity contribution in [3.63, 3.8) is 0 Å². The normalized spacial score (nSPS) is 29.8. The fourth-order valence-corrected chi connectivity index (χ4v) is 2.94. The number of rotatable bonds is 5. The van der Waals surface area contributed by atoms with Crippen LogP contribution < -0.4 is 5.73 Å². The van der Waals surface area contributed by atoms with Crippen molar-refractivity contribution in [2.75, 3.05) is 13.2 Å². The van der Waals surface area contributed by atoms with Crippen molar-refractivity contribution in [3.8, 4) is 0 Å². The standard InChI is InChI=1S/C10H19NO2/c11-7-8(13)10(3-4-10)9(1-2-9)5-6-12/h8,12-13H,1-7,11H2. The third kappa shape index (κ3) is 1.22. The highest BCUT2D eigenvalue weighted by atomic mass is 16.3. The van der Waals surface area contributed by atoms with Crippen molar-refractivity contribution in [1.29, 1.82) is 0 Å². The number of hydrogen-bond acceptors (Lipinski definition) is 3. The highest BCUT2D eigenvalue weighted by molar-refractivity contribution is 5.17. The molecule has 2 aliphatic rings. The number of hydrogen-bond donors (Lipinski definition) is 3. The van der Waals surface area contributed by atoms with E-state index in [-0.39, 0.29) is 23.5 Å². The topological polar surface area (TPSA) is 66.5 Å². The maximum atomic E-state index is 9.84. The number of nitrogens with two attached hydrogens (primary N) is 1. The second kappa shape index (κ2) is 2.94. The van der Waals surface area contributed by atoms with Gasteiger partial charge < -0.3 is 15.9 Å². The first kappa shape index (κ1) is 9.44. The highest BCUT2D eigenvalue weighted by Crippen LogP contribution is 2.73. The zero-order valence-corrected chi connectivity index (χ0v) is 8.00. The van der Waals surface area contributed by atoms with Crippen LogP contribution in [0.4, 0.5) is 0 Å². The molecular weight excluding hydrogens is 166 g/mol. The van der Waals surface area contributed by atoms with Gasteiger partial charge in [-0.15, -0.1) is 0 Å². The van der Waals surface area contributed by atoms with E-state index in [1.54, 1.807) is 0 Å². The van der Waals surface area contributed by atoms with Crippen molar-refractivity contribution in [2.24, 2.45) is 16.6 Å². The summed E-state index contributed by atoms with van der Waals surface area (Å²) in [5.74, 6) is 0. The molecule has 0 bridgehead atoms. The van der Waals surface area contributed by atoms with Gasteiger partial charge in [-0.05, 0) is 37.5 Å². The molecule has 13 heavy (non-hydrogen) atoms. The summed E-state index contributed by atoms with van der Waals surface area (Å²) in [5, 5.41) is 18.8. The lowest BCUT2D eigenvalue weighted by Gasteiger charge is -2.30. The monoisotopic (exact) mass is 185 g/mol. The Morgan fingerprint density at radius 2 is 1.85 bits per heavy atom. The molecule has 0 spiro atoms. The van der Waals surface area contributed by atoms with Crippen molar-refractivity contribution in [1.82, 2.24) is 0 Å². The van der Waals surface area contributed by atoms with Gasteiger partial charge in [0.25, 0.3) is 0 Å². The molecule has 0 saturated heterocycles. The molecule has 0 amide bonds. The summed E-state index contributed by atoms with van der Waals surface area (Å²) in [4.78, 5) is 0. The van der Waals surface area contributed by atoms with E-state index in [2.05, 4.69) is 0 Å². The predicted octanol–water partition coefficient (Wildman–Crippen LogP) is 0.249. The van der Waals surface area contributed by atoms with E-state index in [9.17, 15) is 5.11 Å². The summed E-state index contributed by atoms with van der Waals surface area (Å²) in [6.45, 7) is 0.617. The lowest BCUT2D eigenvalue weighted by molar-refractivity contribution is 0.0389. The molecule has 0 aromatic heterocycles. The van der Waals surface area contributed by atoms with Crippen LogP contribution >= 0.6 is 0 Å². The molecule has 2 fully saturated rings. The number of aliphatic hydroxyl groups excluding tert-OH is 2. The number of aliphatic hydroxyl groups is 2. The third-order valence-corrected chi connectivity index (χ3v) is 4.15. The van der Waals surface area contributed by atoms with E-state index in [1.807, 2.05) is 0 Å². The molecule has 0 aromatic rings. The molecule has 0 heterocycles. The van der Waals surface area contributed by atoms with Crippen LogP contribution in [-0.4, -0.2) is 29.5 Å². The van der Waals surface area contributed by atoms with E-state index in [0.29, 0.717) is 6.54 Å². The molecule has 0 radical (unpaired) electrons. The van der Waals surface area contributed by atoms with Crippen LogP contribution in [0.25, 0.3) is 0 Å². The zero-order chi connectivity index (χ0) is 9.53. The molecule has 0 aliphatic heterocycles. The van der Waals surface area contributed by atoms with Crippen LogP contribution in [0.3, 0.4) is 0 Å². The Balaban J connectivity index is 2.06. The van der Waals surface area contributed by atoms with Gasteiger partial charge in [0.05, 0.1) is 6.10 Å².